The Morgan fingerprint density at radius 2 is 1.00 bits per heavy atom. The van der Waals surface area contributed by atoms with Gasteiger partial charge >= 0.3 is 266 Å². The predicted octanol–water partition coefficient (Wildman–Crippen LogP) is 10.6. The first-order chi connectivity index (χ1) is 20.1. The van der Waals surface area contributed by atoms with Crippen molar-refractivity contribution in [2.24, 2.45) is 19.4 Å². The minimum absolute atomic E-state index is 0.239. The summed E-state index contributed by atoms with van der Waals surface area (Å²) < 4.78 is 5.89. The van der Waals surface area contributed by atoms with E-state index in [9.17, 15) is 10.2 Å². The zero-order valence-electron chi connectivity index (χ0n) is 26.7. The van der Waals surface area contributed by atoms with Crippen LogP contribution in [0.4, 0.5) is 5.69 Å². The average Bonchev–Trinajstić information content (AvgIpc) is 2.92. The molecule has 0 radical (unpaired) electrons. The van der Waals surface area contributed by atoms with E-state index in [0.717, 1.165) is 44.6 Å². The number of para-hydroxylation sites is 2. The van der Waals surface area contributed by atoms with Crippen molar-refractivity contribution in [2.75, 3.05) is 0 Å². The molecule has 224 valence electrons. The third-order valence-corrected chi connectivity index (χ3v) is 11.5. The Hall–Kier alpha value is -3.56. The summed E-state index contributed by atoms with van der Waals surface area (Å²) in [6.07, 6.45) is 0. The summed E-state index contributed by atoms with van der Waals surface area (Å²) in [5.74, 6) is 0.556. The normalized spacial score (nSPS) is 12.4. The number of hydrogen-bond acceptors (Lipinski definition) is 4. The van der Waals surface area contributed by atoms with Crippen LogP contribution in [0, 0.1) is 5.41 Å². The Morgan fingerprint density at radius 3 is 1.44 bits per heavy atom. The molecule has 4 aromatic rings. The quantitative estimate of drug-likeness (QED) is 0.158. The standard InChI is InChI=1S/C31H38O2.C6H5N3.W/c1-29(2,3)19-24-20(22-15-11-17-25(27(22)32)30(4,5)6)13-10-14-21(24)23-16-12-18-26(28(23)33)31(7,8)9;7-9-8-6-4-2-1-3-5-6;/h10-18,32-33H,1-9H3;1-5H;. The summed E-state index contributed by atoms with van der Waals surface area (Å²) in [5, 5.41) is 32.0. The van der Waals surface area contributed by atoms with Crippen LogP contribution in [0.15, 0.2) is 98.9 Å². The molecule has 6 heteroatoms. The molecule has 43 heavy (non-hydrogen) atoms. The first-order valence-corrected chi connectivity index (χ1v) is 17.4. The van der Waals surface area contributed by atoms with Gasteiger partial charge in [0.05, 0.1) is 0 Å². The van der Waals surface area contributed by atoms with Crippen LogP contribution in [-0.4, -0.2) is 14.1 Å². The topological polar surface area (TPSA) is 77.5 Å². The summed E-state index contributed by atoms with van der Waals surface area (Å²) >= 11 is -1.65. The molecule has 0 aliphatic rings. The van der Waals surface area contributed by atoms with E-state index in [0.29, 0.717) is 0 Å². The molecule has 5 nitrogen and oxygen atoms in total. The van der Waals surface area contributed by atoms with Crippen LogP contribution in [0.1, 0.15) is 79.0 Å². The monoisotopic (exact) mass is 745 g/mol. The van der Waals surface area contributed by atoms with Crippen molar-refractivity contribution in [1.29, 1.82) is 0 Å². The van der Waals surface area contributed by atoms with Gasteiger partial charge in [-0.05, 0) is 0 Å². The molecule has 0 heterocycles. The minimum atomic E-state index is -1.65. The van der Waals surface area contributed by atoms with Crippen LogP contribution in [0.5, 0.6) is 11.5 Å². The van der Waals surface area contributed by atoms with E-state index in [1.54, 1.807) is 0 Å². The van der Waals surface area contributed by atoms with Gasteiger partial charge in [0.2, 0.25) is 0 Å². The third-order valence-electron chi connectivity index (χ3n) is 7.33. The maximum atomic E-state index is 11.7. The second-order valence-electron chi connectivity index (χ2n) is 13.9. The number of benzene rings is 4. The molecule has 0 saturated carbocycles. The van der Waals surface area contributed by atoms with Crippen molar-refractivity contribution in [3.63, 3.8) is 0 Å². The van der Waals surface area contributed by atoms with Crippen molar-refractivity contribution in [1.82, 2.24) is 0 Å². The van der Waals surface area contributed by atoms with Crippen molar-refractivity contribution in [2.45, 2.75) is 73.1 Å². The SMILES string of the molecule is CC(C)(C)[C](=[W]=[N]N=Nc1ccccc1)c1c(-c2cccc(C(C)(C)C)c2O)cccc1-c1cccc(C(C)(C)C)c1O. The Labute approximate surface area is 264 Å². The van der Waals surface area contributed by atoms with Crippen molar-refractivity contribution < 1.29 is 28.1 Å². The molecule has 4 aromatic carbocycles. The van der Waals surface area contributed by atoms with E-state index in [4.69, 9.17) is 3.60 Å². The summed E-state index contributed by atoms with van der Waals surface area (Å²) in [5.41, 5.74) is 6.17. The van der Waals surface area contributed by atoms with E-state index >= 15 is 0 Å². The Morgan fingerprint density at radius 1 is 0.558 bits per heavy atom. The van der Waals surface area contributed by atoms with Crippen LogP contribution in [0.3, 0.4) is 0 Å². The van der Waals surface area contributed by atoms with Crippen molar-refractivity contribution >= 4 is 9.59 Å². The second-order valence-corrected chi connectivity index (χ2v) is 16.6. The summed E-state index contributed by atoms with van der Waals surface area (Å²) in [6.45, 7) is 19.2. The van der Waals surface area contributed by atoms with Crippen molar-refractivity contribution in [3.8, 4) is 33.8 Å². The van der Waals surface area contributed by atoms with Gasteiger partial charge in [0, 0.05) is 0 Å². The molecule has 0 aliphatic heterocycles. The Kier molecular flexibility index (Phi) is 9.47. The van der Waals surface area contributed by atoms with Gasteiger partial charge in [-0.3, -0.25) is 0 Å². The molecule has 0 aromatic heterocycles. The molecule has 2 N–H and O–H groups in total. The van der Waals surface area contributed by atoms with Gasteiger partial charge in [-0.25, -0.2) is 0 Å². The fraction of sp³-hybridized carbons (Fsp3) is 0.324. The predicted molar refractivity (Wildman–Crippen MR) is 175 cm³/mol. The van der Waals surface area contributed by atoms with E-state index in [2.05, 4.69) is 84.8 Å². The fourth-order valence-corrected chi connectivity index (χ4v) is 7.82. The van der Waals surface area contributed by atoms with E-state index in [1.807, 2.05) is 72.8 Å². The third kappa shape index (κ3) is 7.33. The molecule has 0 spiro atoms. The first kappa shape index (κ1) is 32.4. The molecule has 0 atom stereocenters. The number of phenolic OH excluding ortho intramolecular Hbond substituents is 2. The molecular weight excluding hydrogens is 702 g/mol. The number of nitrogens with zero attached hydrogens (tertiary/aromatic N) is 3. The number of phenols is 2. The average molecular weight is 746 g/mol. The van der Waals surface area contributed by atoms with Gasteiger partial charge in [-0.2, -0.15) is 0 Å². The molecular formula is C37H43N3O2W. The maximum absolute atomic E-state index is 11.7. The van der Waals surface area contributed by atoms with Gasteiger partial charge < -0.3 is 0 Å². The molecule has 0 bridgehead atoms. The van der Waals surface area contributed by atoms with Crippen LogP contribution >= 0.6 is 0 Å². The number of aromatic hydroxyl groups is 2. The number of hydrogen-bond donors (Lipinski definition) is 2. The molecule has 0 aliphatic carbocycles. The zero-order valence-corrected chi connectivity index (χ0v) is 29.7. The zero-order chi connectivity index (χ0) is 31.6. The van der Waals surface area contributed by atoms with Gasteiger partial charge in [0.25, 0.3) is 0 Å². The Balaban J connectivity index is 2.10. The van der Waals surface area contributed by atoms with Crippen molar-refractivity contribution in [3.05, 3.63) is 102 Å². The van der Waals surface area contributed by atoms with Gasteiger partial charge in [-0.15, -0.1) is 0 Å². The second kappa shape index (κ2) is 12.6. The van der Waals surface area contributed by atoms with E-state index in [1.165, 1.54) is 3.90 Å². The van der Waals surface area contributed by atoms with E-state index in [-0.39, 0.29) is 27.7 Å². The number of rotatable bonds is 5. The first-order valence-electron chi connectivity index (χ1n) is 14.6. The Bertz CT molecular complexity index is 1630. The molecule has 4 rings (SSSR count). The molecule has 0 saturated heterocycles. The van der Waals surface area contributed by atoms with Crippen LogP contribution in [0.25, 0.3) is 22.3 Å². The van der Waals surface area contributed by atoms with Crippen LogP contribution in [0.2, 0.25) is 0 Å². The van der Waals surface area contributed by atoms with Crippen LogP contribution in [-0.2, 0) is 28.7 Å². The van der Waals surface area contributed by atoms with Gasteiger partial charge in [-0.1, -0.05) is 0 Å². The summed E-state index contributed by atoms with van der Waals surface area (Å²) in [4.78, 5) is 0. The summed E-state index contributed by atoms with van der Waals surface area (Å²) in [6, 6.07) is 27.7. The van der Waals surface area contributed by atoms with Crippen LogP contribution < -0.4 is 0 Å². The van der Waals surface area contributed by atoms with Gasteiger partial charge in [0.15, 0.2) is 0 Å². The fourth-order valence-electron chi connectivity index (χ4n) is 5.16. The summed E-state index contributed by atoms with van der Waals surface area (Å²) in [7, 11) is 0. The molecule has 0 amide bonds. The van der Waals surface area contributed by atoms with Gasteiger partial charge in [0.1, 0.15) is 0 Å². The molecule has 0 unspecified atom stereocenters. The van der Waals surface area contributed by atoms with E-state index < -0.39 is 17.9 Å². The molecule has 0 fully saturated rings.